The summed E-state index contributed by atoms with van der Waals surface area (Å²) in [5, 5.41) is 0. The summed E-state index contributed by atoms with van der Waals surface area (Å²) in [6, 6.07) is 0. The second-order valence-corrected chi connectivity index (χ2v) is 4.78. The summed E-state index contributed by atoms with van der Waals surface area (Å²) < 4.78 is 11.2. The van der Waals surface area contributed by atoms with Crippen molar-refractivity contribution in [1.82, 2.24) is 0 Å². The van der Waals surface area contributed by atoms with Crippen molar-refractivity contribution >= 4 is 7.12 Å². The van der Waals surface area contributed by atoms with Crippen LogP contribution in [-0.2, 0) is 9.31 Å². The Morgan fingerprint density at radius 3 is 2.50 bits per heavy atom. The summed E-state index contributed by atoms with van der Waals surface area (Å²) in [5.41, 5.74) is 0. The molecule has 0 N–H and O–H groups in total. The van der Waals surface area contributed by atoms with E-state index in [9.17, 15) is 0 Å². The van der Waals surface area contributed by atoms with Crippen LogP contribution in [0.3, 0.4) is 0 Å². The minimum atomic E-state index is 0.106. The van der Waals surface area contributed by atoms with Crippen LogP contribution in [0.4, 0.5) is 0 Å². The maximum absolute atomic E-state index is 5.61. The van der Waals surface area contributed by atoms with Crippen LogP contribution in [0.25, 0.3) is 0 Å². The largest absolute Gasteiger partial charge is 0.457 e. The van der Waals surface area contributed by atoms with Crippen LogP contribution in [0.5, 0.6) is 0 Å². The van der Waals surface area contributed by atoms with Gasteiger partial charge in [0.05, 0.1) is 0 Å². The van der Waals surface area contributed by atoms with E-state index in [4.69, 9.17) is 9.31 Å². The van der Waals surface area contributed by atoms with Crippen molar-refractivity contribution in [1.29, 1.82) is 0 Å². The lowest BCUT2D eigenvalue weighted by Gasteiger charge is -2.31. The average Bonchev–Trinajstić information content (AvgIpc) is 2.23. The van der Waals surface area contributed by atoms with Crippen LogP contribution in [0.15, 0.2) is 0 Å². The first-order chi connectivity index (χ1) is 6.86. The summed E-state index contributed by atoms with van der Waals surface area (Å²) >= 11 is 0. The van der Waals surface area contributed by atoms with E-state index in [1.165, 1.54) is 25.7 Å². The van der Waals surface area contributed by atoms with Gasteiger partial charge in [0.1, 0.15) is 0 Å². The Morgan fingerprint density at radius 2 is 1.79 bits per heavy atom. The van der Waals surface area contributed by atoms with E-state index in [2.05, 4.69) is 6.92 Å². The van der Waals surface area contributed by atoms with Gasteiger partial charge in [0, 0.05) is 13.2 Å². The molecule has 2 nitrogen and oxygen atoms in total. The standard InChI is InChI=1S/C11H21BO2/c1-10-5-2-3-6-11(10)9-12-13-7-4-8-14-12/h10-11H,2-9H2,1H3/t10-,11+/m1/s1. The van der Waals surface area contributed by atoms with Crippen LogP contribution >= 0.6 is 0 Å². The molecule has 0 aromatic heterocycles. The van der Waals surface area contributed by atoms with E-state index >= 15 is 0 Å². The Kier molecular flexibility index (Phi) is 3.88. The fraction of sp³-hybridized carbons (Fsp3) is 1.00. The van der Waals surface area contributed by atoms with Crippen molar-refractivity contribution in [3.63, 3.8) is 0 Å². The van der Waals surface area contributed by atoms with Crippen LogP contribution < -0.4 is 0 Å². The zero-order chi connectivity index (χ0) is 9.80. The quantitative estimate of drug-likeness (QED) is 0.632. The predicted molar refractivity (Wildman–Crippen MR) is 58.2 cm³/mol. The highest BCUT2D eigenvalue weighted by Gasteiger charge is 2.30. The van der Waals surface area contributed by atoms with E-state index in [1.807, 2.05) is 0 Å². The van der Waals surface area contributed by atoms with Crippen molar-refractivity contribution in [2.24, 2.45) is 11.8 Å². The molecule has 1 heterocycles. The summed E-state index contributed by atoms with van der Waals surface area (Å²) in [4.78, 5) is 0. The molecule has 0 unspecified atom stereocenters. The second kappa shape index (κ2) is 5.17. The van der Waals surface area contributed by atoms with E-state index in [0.29, 0.717) is 0 Å². The van der Waals surface area contributed by atoms with Crippen LogP contribution in [0, 0.1) is 11.8 Å². The molecule has 2 rings (SSSR count). The molecule has 0 aromatic carbocycles. The highest BCUT2D eigenvalue weighted by atomic mass is 16.6. The summed E-state index contributed by atoms with van der Waals surface area (Å²) in [6.45, 7) is 4.17. The van der Waals surface area contributed by atoms with E-state index in [-0.39, 0.29) is 7.12 Å². The lowest BCUT2D eigenvalue weighted by molar-refractivity contribution is 0.124. The molecule has 2 fully saturated rings. The van der Waals surface area contributed by atoms with Gasteiger partial charge in [-0.15, -0.1) is 0 Å². The molecule has 0 bridgehead atoms. The van der Waals surface area contributed by atoms with Gasteiger partial charge in [-0.25, -0.2) is 0 Å². The Bertz CT molecular complexity index is 169. The summed E-state index contributed by atoms with van der Waals surface area (Å²) in [7, 11) is 0.106. The fourth-order valence-corrected chi connectivity index (χ4v) is 2.66. The van der Waals surface area contributed by atoms with E-state index in [0.717, 1.165) is 37.8 Å². The van der Waals surface area contributed by atoms with E-state index in [1.54, 1.807) is 0 Å². The Balaban J connectivity index is 1.76. The molecule has 1 aliphatic carbocycles. The molecule has 0 aromatic rings. The SMILES string of the molecule is C[C@@H]1CCCC[C@H]1CB1OCCCO1. The molecule has 1 saturated carbocycles. The van der Waals surface area contributed by atoms with Crippen molar-refractivity contribution in [3.8, 4) is 0 Å². The monoisotopic (exact) mass is 196 g/mol. The predicted octanol–water partition coefficient (Wildman–Crippen LogP) is 2.74. The average molecular weight is 196 g/mol. The normalized spacial score (nSPS) is 34.5. The molecule has 1 saturated heterocycles. The first-order valence-corrected chi connectivity index (χ1v) is 6.09. The second-order valence-electron chi connectivity index (χ2n) is 4.78. The molecule has 3 heteroatoms. The van der Waals surface area contributed by atoms with Gasteiger partial charge in [-0.3, -0.25) is 0 Å². The maximum atomic E-state index is 5.61. The Hall–Kier alpha value is -0.0151. The molecule has 2 atom stereocenters. The number of hydrogen-bond donors (Lipinski definition) is 0. The van der Waals surface area contributed by atoms with Gasteiger partial charge in [0.25, 0.3) is 0 Å². The Labute approximate surface area is 87.5 Å². The van der Waals surface area contributed by atoms with Gasteiger partial charge in [-0.1, -0.05) is 32.6 Å². The lowest BCUT2D eigenvalue weighted by atomic mass is 9.67. The zero-order valence-electron chi connectivity index (χ0n) is 9.21. The Morgan fingerprint density at radius 1 is 1.07 bits per heavy atom. The lowest BCUT2D eigenvalue weighted by Crippen LogP contribution is -2.33. The fourth-order valence-electron chi connectivity index (χ4n) is 2.66. The van der Waals surface area contributed by atoms with Crippen molar-refractivity contribution in [2.75, 3.05) is 13.2 Å². The zero-order valence-corrected chi connectivity index (χ0v) is 9.21. The van der Waals surface area contributed by atoms with Gasteiger partial charge >= 0.3 is 7.12 Å². The molecule has 2 aliphatic rings. The molecule has 80 valence electrons. The minimum Gasteiger partial charge on any atom is -0.411 e. The smallest absolute Gasteiger partial charge is 0.411 e. The van der Waals surface area contributed by atoms with Crippen LogP contribution in [-0.4, -0.2) is 20.3 Å². The highest BCUT2D eigenvalue weighted by Crippen LogP contribution is 2.33. The highest BCUT2D eigenvalue weighted by molar-refractivity contribution is 6.44. The molecule has 0 spiro atoms. The third-order valence-electron chi connectivity index (χ3n) is 3.68. The topological polar surface area (TPSA) is 18.5 Å². The number of rotatable bonds is 2. The van der Waals surface area contributed by atoms with Crippen LogP contribution in [0.1, 0.15) is 39.0 Å². The van der Waals surface area contributed by atoms with Crippen molar-refractivity contribution in [3.05, 3.63) is 0 Å². The molecule has 14 heavy (non-hydrogen) atoms. The van der Waals surface area contributed by atoms with Gasteiger partial charge < -0.3 is 9.31 Å². The first-order valence-electron chi connectivity index (χ1n) is 6.09. The maximum Gasteiger partial charge on any atom is 0.457 e. The molecule has 1 aliphatic heterocycles. The van der Waals surface area contributed by atoms with Gasteiger partial charge in [-0.05, 0) is 24.6 Å². The third-order valence-corrected chi connectivity index (χ3v) is 3.68. The van der Waals surface area contributed by atoms with Crippen molar-refractivity contribution in [2.45, 2.75) is 45.3 Å². The molecular formula is C11H21BO2. The van der Waals surface area contributed by atoms with Crippen LogP contribution in [0.2, 0.25) is 6.32 Å². The summed E-state index contributed by atoms with van der Waals surface area (Å²) in [6.07, 6.45) is 7.80. The minimum absolute atomic E-state index is 0.106. The molecular weight excluding hydrogens is 175 g/mol. The third kappa shape index (κ3) is 2.74. The summed E-state index contributed by atoms with van der Waals surface area (Å²) in [5.74, 6) is 1.71. The number of hydrogen-bond acceptors (Lipinski definition) is 2. The van der Waals surface area contributed by atoms with Gasteiger partial charge in [0.2, 0.25) is 0 Å². The van der Waals surface area contributed by atoms with Gasteiger partial charge in [0.15, 0.2) is 0 Å². The van der Waals surface area contributed by atoms with Gasteiger partial charge in [-0.2, -0.15) is 0 Å². The van der Waals surface area contributed by atoms with Crippen molar-refractivity contribution < 1.29 is 9.31 Å². The molecule has 0 amide bonds. The van der Waals surface area contributed by atoms with E-state index < -0.39 is 0 Å². The first kappa shape index (κ1) is 10.5. The molecule has 0 radical (unpaired) electrons.